The molecular formula is C14H13N3O4. The van der Waals surface area contributed by atoms with E-state index >= 15 is 0 Å². The van der Waals surface area contributed by atoms with Crippen LogP contribution in [0.1, 0.15) is 10.4 Å². The normalized spacial score (nSPS) is 9.95. The van der Waals surface area contributed by atoms with Gasteiger partial charge in [0.25, 0.3) is 11.6 Å². The number of hydrogen-bond acceptors (Lipinski definition) is 5. The molecule has 2 rings (SSSR count). The van der Waals surface area contributed by atoms with Crippen molar-refractivity contribution in [1.82, 2.24) is 0 Å². The van der Waals surface area contributed by atoms with Gasteiger partial charge in [-0.25, -0.2) is 0 Å². The summed E-state index contributed by atoms with van der Waals surface area (Å²) in [5, 5.41) is 25.7. The van der Waals surface area contributed by atoms with Gasteiger partial charge in [-0.15, -0.1) is 0 Å². The van der Waals surface area contributed by atoms with Crippen LogP contribution in [0.3, 0.4) is 0 Å². The molecule has 0 spiro atoms. The van der Waals surface area contributed by atoms with Crippen molar-refractivity contribution in [2.45, 2.75) is 0 Å². The zero-order valence-electron chi connectivity index (χ0n) is 11.2. The van der Waals surface area contributed by atoms with Gasteiger partial charge in [0.15, 0.2) is 0 Å². The first-order valence-corrected chi connectivity index (χ1v) is 6.08. The fourth-order valence-corrected chi connectivity index (χ4v) is 1.81. The number of nitro benzene ring substituents is 1. The van der Waals surface area contributed by atoms with Gasteiger partial charge in [-0.2, -0.15) is 0 Å². The summed E-state index contributed by atoms with van der Waals surface area (Å²) in [4.78, 5) is 22.5. The number of carbonyl (C=O) groups excluding carboxylic acids is 1. The second-order valence-corrected chi connectivity index (χ2v) is 4.21. The molecule has 2 aromatic rings. The van der Waals surface area contributed by atoms with Crippen LogP contribution in [0.5, 0.6) is 5.75 Å². The molecule has 3 N–H and O–H groups in total. The molecule has 0 saturated carbocycles. The van der Waals surface area contributed by atoms with Crippen LogP contribution < -0.4 is 10.6 Å². The fourth-order valence-electron chi connectivity index (χ4n) is 1.81. The summed E-state index contributed by atoms with van der Waals surface area (Å²) in [5.74, 6) is -0.616. The molecule has 0 aliphatic rings. The minimum Gasteiger partial charge on any atom is -0.506 e. The molecule has 2 aromatic carbocycles. The summed E-state index contributed by atoms with van der Waals surface area (Å²) in [6.45, 7) is 0. The van der Waals surface area contributed by atoms with E-state index < -0.39 is 10.8 Å². The number of amides is 1. The third kappa shape index (κ3) is 3.08. The molecule has 0 fully saturated rings. The summed E-state index contributed by atoms with van der Waals surface area (Å²) in [6.07, 6.45) is 0. The van der Waals surface area contributed by atoms with Crippen molar-refractivity contribution in [2.24, 2.45) is 0 Å². The zero-order valence-corrected chi connectivity index (χ0v) is 11.2. The number of phenolic OH excluding ortho intramolecular Hbond substituents is 1. The number of hydrogen-bond donors (Lipinski definition) is 3. The Bertz CT molecular complexity index is 700. The first kappa shape index (κ1) is 14.3. The van der Waals surface area contributed by atoms with Crippen LogP contribution in [-0.2, 0) is 0 Å². The Labute approximate surface area is 120 Å². The van der Waals surface area contributed by atoms with Gasteiger partial charge in [-0.3, -0.25) is 14.9 Å². The van der Waals surface area contributed by atoms with Crippen molar-refractivity contribution in [3.05, 3.63) is 58.1 Å². The van der Waals surface area contributed by atoms with Crippen LogP contribution in [0, 0.1) is 10.1 Å². The van der Waals surface area contributed by atoms with Crippen LogP contribution in [-0.4, -0.2) is 23.0 Å². The van der Waals surface area contributed by atoms with Crippen LogP contribution in [0.15, 0.2) is 42.5 Å². The second kappa shape index (κ2) is 5.91. The molecule has 0 aromatic heterocycles. The smallest absolute Gasteiger partial charge is 0.293 e. The van der Waals surface area contributed by atoms with Crippen LogP contribution >= 0.6 is 0 Å². The number of nitrogens with one attached hydrogen (secondary N) is 2. The number of aromatic hydroxyl groups is 1. The summed E-state index contributed by atoms with van der Waals surface area (Å²) < 4.78 is 0. The Hall–Kier alpha value is -3.09. The molecule has 0 bridgehead atoms. The van der Waals surface area contributed by atoms with Gasteiger partial charge < -0.3 is 15.7 Å². The van der Waals surface area contributed by atoms with Gasteiger partial charge in [0, 0.05) is 18.7 Å². The molecule has 0 aliphatic carbocycles. The molecule has 108 valence electrons. The van der Waals surface area contributed by atoms with E-state index in [0.717, 1.165) is 0 Å². The summed E-state index contributed by atoms with van der Waals surface area (Å²) in [5.41, 5.74) is 0.494. The Morgan fingerprint density at radius 3 is 2.52 bits per heavy atom. The van der Waals surface area contributed by atoms with E-state index in [-0.39, 0.29) is 22.7 Å². The molecule has 21 heavy (non-hydrogen) atoms. The quantitative estimate of drug-likeness (QED) is 0.455. The number of anilines is 2. The molecule has 1 amide bonds. The standard InChI is InChI=1S/C14H13N3O4/c1-15-10-7-6-9(8-12(10)17(20)21)14(19)16-11-4-2-3-5-13(11)18/h2-8,15,18H,1H3,(H,16,19). The highest BCUT2D eigenvalue weighted by Crippen LogP contribution is 2.26. The largest absolute Gasteiger partial charge is 0.506 e. The van der Waals surface area contributed by atoms with Crippen LogP contribution in [0.4, 0.5) is 17.1 Å². The molecular weight excluding hydrogens is 274 g/mol. The van der Waals surface area contributed by atoms with Gasteiger partial charge in [0.1, 0.15) is 11.4 Å². The number of rotatable bonds is 4. The minimum atomic E-state index is -0.567. The average molecular weight is 287 g/mol. The van der Waals surface area contributed by atoms with Crippen molar-refractivity contribution in [2.75, 3.05) is 17.7 Å². The van der Waals surface area contributed by atoms with E-state index in [2.05, 4.69) is 10.6 Å². The molecule has 7 heteroatoms. The first-order chi connectivity index (χ1) is 10.0. The number of phenols is 1. The van der Waals surface area contributed by atoms with E-state index in [0.29, 0.717) is 5.69 Å². The fraction of sp³-hybridized carbons (Fsp3) is 0.0714. The Morgan fingerprint density at radius 2 is 1.90 bits per heavy atom. The number of nitrogens with zero attached hydrogens (tertiary/aromatic N) is 1. The van der Waals surface area contributed by atoms with Crippen molar-refractivity contribution < 1.29 is 14.8 Å². The lowest BCUT2D eigenvalue weighted by molar-refractivity contribution is -0.384. The Kier molecular flexibility index (Phi) is 4.03. The number of para-hydroxylation sites is 2. The van der Waals surface area contributed by atoms with E-state index in [1.807, 2.05) is 0 Å². The molecule has 0 radical (unpaired) electrons. The Morgan fingerprint density at radius 1 is 1.19 bits per heavy atom. The SMILES string of the molecule is CNc1ccc(C(=O)Nc2ccccc2O)cc1[N+](=O)[O-]. The van der Waals surface area contributed by atoms with Crippen LogP contribution in [0.2, 0.25) is 0 Å². The Balaban J connectivity index is 2.30. The first-order valence-electron chi connectivity index (χ1n) is 6.08. The highest BCUT2D eigenvalue weighted by Gasteiger charge is 2.17. The van der Waals surface area contributed by atoms with Gasteiger partial charge in [0.05, 0.1) is 10.6 Å². The maximum atomic E-state index is 12.1. The van der Waals surface area contributed by atoms with Gasteiger partial charge in [-0.05, 0) is 24.3 Å². The van der Waals surface area contributed by atoms with E-state index in [9.17, 15) is 20.0 Å². The molecule has 7 nitrogen and oxygen atoms in total. The lowest BCUT2D eigenvalue weighted by Crippen LogP contribution is -2.12. The molecule has 0 unspecified atom stereocenters. The van der Waals surface area contributed by atoms with Gasteiger partial charge >= 0.3 is 0 Å². The second-order valence-electron chi connectivity index (χ2n) is 4.21. The maximum Gasteiger partial charge on any atom is 0.293 e. The molecule has 0 aliphatic heterocycles. The predicted octanol–water partition coefficient (Wildman–Crippen LogP) is 2.59. The van der Waals surface area contributed by atoms with E-state index in [4.69, 9.17) is 0 Å². The van der Waals surface area contributed by atoms with E-state index in [1.165, 1.54) is 30.3 Å². The molecule has 0 atom stereocenters. The summed E-state index contributed by atoms with van der Waals surface area (Å²) in [7, 11) is 1.56. The highest BCUT2D eigenvalue weighted by molar-refractivity contribution is 6.05. The number of benzene rings is 2. The molecule has 0 saturated heterocycles. The van der Waals surface area contributed by atoms with Gasteiger partial charge in [0.2, 0.25) is 0 Å². The highest BCUT2D eigenvalue weighted by atomic mass is 16.6. The van der Waals surface area contributed by atoms with E-state index in [1.54, 1.807) is 19.2 Å². The summed E-state index contributed by atoms with van der Waals surface area (Å²) >= 11 is 0. The lowest BCUT2D eigenvalue weighted by atomic mass is 10.1. The minimum absolute atomic E-state index is 0.0767. The van der Waals surface area contributed by atoms with Crippen molar-refractivity contribution in [1.29, 1.82) is 0 Å². The van der Waals surface area contributed by atoms with Gasteiger partial charge in [-0.1, -0.05) is 12.1 Å². The van der Waals surface area contributed by atoms with Crippen molar-refractivity contribution >= 4 is 23.0 Å². The third-order valence-corrected chi connectivity index (χ3v) is 2.88. The monoisotopic (exact) mass is 287 g/mol. The predicted molar refractivity (Wildman–Crippen MR) is 78.7 cm³/mol. The topological polar surface area (TPSA) is 104 Å². The number of nitro groups is 1. The average Bonchev–Trinajstić information content (AvgIpc) is 2.48. The lowest BCUT2D eigenvalue weighted by Gasteiger charge is -2.08. The third-order valence-electron chi connectivity index (χ3n) is 2.88. The molecule has 0 heterocycles. The number of carbonyl (C=O) groups is 1. The van der Waals surface area contributed by atoms with Crippen molar-refractivity contribution in [3.63, 3.8) is 0 Å². The maximum absolute atomic E-state index is 12.1. The zero-order chi connectivity index (χ0) is 15.4. The van der Waals surface area contributed by atoms with Crippen LogP contribution in [0.25, 0.3) is 0 Å². The van der Waals surface area contributed by atoms with Crippen molar-refractivity contribution in [3.8, 4) is 5.75 Å². The summed E-state index contributed by atoms with van der Waals surface area (Å²) in [6, 6.07) is 10.3.